The summed E-state index contributed by atoms with van der Waals surface area (Å²) in [6.45, 7) is 4.47. The van der Waals surface area contributed by atoms with Crippen LogP contribution in [0, 0.1) is 0 Å². The second kappa shape index (κ2) is 37.8. The molecule has 0 aromatic rings. The first-order chi connectivity index (χ1) is 26.0. The molecule has 0 saturated carbocycles. The smallest absolute Gasteiger partial charge is 0.387 e. The SMILES string of the molecule is CCCCCCCCCCCCCCCCCCCCCCCCCCCCCCC/C=C/C(O)C(COP(=O)(O)OCC[N+](C)(C)C)NC(=O)CCC. The number of amides is 1. The number of unbranched alkanes of at least 4 members (excludes halogenated alkanes) is 29. The van der Waals surface area contributed by atoms with Crippen LogP contribution in [-0.2, 0) is 18.4 Å². The van der Waals surface area contributed by atoms with Gasteiger partial charge in [0.15, 0.2) is 0 Å². The van der Waals surface area contributed by atoms with E-state index in [9.17, 15) is 19.4 Å². The van der Waals surface area contributed by atoms with Crippen molar-refractivity contribution in [1.82, 2.24) is 5.32 Å². The van der Waals surface area contributed by atoms with E-state index in [1.165, 1.54) is 173 Å². The first kappa shape index (κ1) is 53.2. The van der Waals surface area contributed by atoms with Crippen LogP contribution >= 0.6 is 7.82 Å². The highest BCUT2D eigenvalue weighted by molar-refractivity contribution is 7.47. The summed E-state index contributed by atoms with van der Waals surface area (Å²) in [5, 5.41) is 13.5. The zero-order chi connectivity index (χ0) is 40.0. The van der Waals surface area contributed by atoms with Crippen molar-refractivity contribution in [2.24, 2.45) is 0 Å². The van der Waals surface area contributed by atoms with Crippen LogP contribution in [0.4, 0.5) is 0 Å². The normalized spacial score (nSPS) is 14.4. The molecule has 0 bridgehead atoms. The lowest BCUT2D eigenvalue weighted by atomic mass is 10.0. The van der Waals surface area contributed by atoms with Crippen molar-refractivity contribution >= 4 is 13.7 Å². The first-order valence-electron chi connectivity index (χ1n) is 23.1. The Morgan fingerprint density at radius 1 is 0.611 bits per heavy atom. The standard InChI is InChI=1S/C45H91N2O6P/c1-6-8-9-10-11-12-13-14-15-16-17-18-19-20-21-22-23-24-25-26-27-28-29-30-31-32-33-34-35-36-37-39-44(48)43(46-45(49)38-7-2)42-53-54(50,51)52-41-40-47(3,4)5/h37,39,43-44,48H,6-36,38,40-42H2,1-5H3,(H-,46,49,50,51)/p+1/b39-37+. The van der Waals surface area contributed by atoms with Crippen molar-refractivity contribution in [2.45, 2.75) is 231 Å². The minimum atomic E-state index is -4.30. The van der Waals surface area contributed by atoms with Gasteiger partial charge in [-0.05, 0) is 19.3 Å². The van der Waals surface area contributed by atoms with Gasteiger partial charge in [-0.25, -0.2) is 4.57 Å². The quantitative estimate of drug-likeness (QED) is 0.0246. The van der Waals surface area contributed by atoms with Crippen molar-refractivity contribution < 1.29 is 32.9 Å². The Hall–Kier alpha value is -0.760. The van der Waals surface area contributed by atoms with Crippen molar-refractivity contribution in [2.75, 3.05) is 40.9 Å². The Balaban J connectivity index is 3.69. The third-order valence-electron chi connectivity index (χ3n) is 10.5. The highest BCUT2D eigenvalue weighted by atomic mass is 31.2. The molecule has 322 valence electrons. The first-order valence-corrected chi connectivity index (χ1v) is 24.6. The van der Waals surface area contributed by atoms with Gasteiger partial charge in [0.2, 0.25) is 5.91 Å². The van der Waals surface area contributed by atoms with Crippen LogP contribution in [0.15, 0.2) is 12.2 Å². The van der Waals surface area contributed by atoms with Crippen molar-refractivity contribution in [3.63, 3.8) is 0 Å². The van der Waals surface area contributed by atoms with Gasteiger partial charge in [-0.1, -0.05) is 206 Å². The van der Waals surface area contributed by atoms with E-state index in [1.54, 1.807) is 6.08 Å². The summed E-state index contributed by atoms with van der Waals surface area (Å²) in [5.74, 6) is -0.229. The van der Waals surface area contributed by atoms with Crippen molar-refractivity contribution in [3.05, 3.63) is 12.2 Å². The van der Waals surface area contributed by atoms with Crippen molar-refractivity contribution in [1.29, 1.82) is 0 Å². The molecule has 0 aromatic carbocycles. The monoisotopic (exact) mass is 788 g/mol. The molecule has 54 heavy (non-hydrogen) atoms. The molecule has 0 rings (SSSR count). The summed E-state index contributed by atoms with van der Waals surface area (Å²) < 4.78 is 23.1. The number of aliphatic hydroxyl groups excluding tert-OH is 1. The lowest BCUT2D eigenvalue weighted by Crippen LogP contribution is -2.45. The van der Waals surface area contributed by atoms with Crippen molar-refractivity contribution in [3.8, 4) is 0 Å². The van der Waals surface area contributed by atoms with Gasteiger partial charge in [-0.3, -0.25) is 13.8 Å². The van der Waals surface area contributed by atoms with Crippen LogP contribution in [0.1, 0.15) is 219 Å². The second-order valence-corrected chi connectivity index (χ2v) is 18.6. The van der Waals surface area contributed by atoms with E-state index < -0.39 is 20.0 Å². The molecule has 0 aliphatic heterocycles. The Morgan fingerprint density at radius 3 is 1.33 bits per heavy atom. The van der Waals surface area contributed by atoms with Gasteiger partial charge in [-0.15, -0.1) is 0 Å². The number of carbonyl (C=O) groups excluding carboxylic acids is 1. The van der Waals surface area contributed by atoms with Gasteiger partial charge in [0.1, 0.15) is 13.2 Å². The van der Waals surface area contributed by atoms with E-state index in [0.717, 1.165) is 19.3 Å². The molecule has 0 fully saturated rings. The molecule has 9 heteroatoms. The fourth-order valence-electron chi connectivity index (χ4n) is 6.85. The maximum Gasteiger partial charge on any atom is 0.472 e. The average Bonchev–Trinajstić information content (AvgIpc) is 3.11. The molecule has 0 spiro atoms. The number of likely N-dealkylation sites (N-methyl/N-ethyl adjacent to an activating group) is 1. The van der Waals surface area contributed by atoms with E-state index in [0.29, 0.717) is 23.9 Å². The summed E-state index contributed by atoms with van der Waals surface area (Å²) >= 11 is 0. The van der Waals surface area contributed by atoms with Gasteiger partial charge in [-0.2, -0.15) is 0 Å². The number of hydrogen-bond acceptors (Lipinski definition) is 5. The Bertz CT molecular complexity index is 896. The minimum Gasteiger partial charge on any atom is -0.387 e. The zero-order valence-electron chi connectivity index (χ0n) is 36.5. The zero-order valence-corrected chi connectivity index (χ0v) is 37.4. The molecular formula is C45H92N2O6P+. The lowest BCUT2D eigenvalue weighted by Gasteiger charge is -2.25. The number of phosphoric ester groups is 1. The summed E-state index contributed by atoms with van der Waals surface area (Å²) in [5.41, 5.74) is 0. The molecule has 0 saturated heterocycles. The topological polar surface area (TPSA) is 105 Å². The van der Waals surface area contributed by atoms with Crippen LogP contribution in [0.25, 0.3) is 0 Å². The van der Waals surface area contributed by atoms with E-state index in [4.69, 9.17) is 9.05 Å². The molecule has 0 aliphatic rings. The Kier molecular flexibility index (Phi) is 37.3. The number of rotatable bonds is 42. The van der Waals surface area contributed by atoms with Gasteiger partial charge >= 0.3 is 7.82 Å². The maximum absolute atomic E-state index is 12.3. The van der Waals surface area contributed by atoms with E-state index in [1.807, 2.05) is 34.1 Å². The van der Waals surface area contributed by atoms with Crippen LogP contribution in [-0.4, -0.2) is 73.4 Å². The number of nitrogens with zero attached hydrogens (tertiary/aromatic N) is 1. The maximum atomic E-state index is 12.3. The van der Waals surface area contributed by atoms with E-state index >= 15 is 0 Å². The van der Waals surface area contributed by atoms with Crippen LogP contribution in [0.2, 0.25) is 0 Å². The molecule has 1 amide bonds. The van der Waals surface area contributed by atoms with E-state index in [2.05, 4.69) is 12.2 Å². The summed E-state index contributed by atoms with van der Waals surface area (Å²) in [6.07, 6.45) is 44.8. The molecule has 8 nitrogen and oxygen atoms in total. The Morgan fingerprint density at radius 2 is 0.981 bits per heavy atom. The molecule has 0 radical (unpaired) electrons. The van der Waals surface area contributed by atoms with E-state index in [-0.39, 0.29) is 19.1 Å². The fraction of sp³-hybridized carbons (Fsp3) is 0.933. The lowest BCUT2D eigenvalue weighted by molar-refractivity contribution is -0.870. The molecule has 0 heterocycles. The number of quaternary nitrogens is 1. The second-order valence-electron chi connectivity index (χ2n) is 17.1. The summed E-state index contributed by atoms with van der Waals surface area (Å²) in [4.78, 5) is 22.3. The fourth-order valence-corrected chi connectivity index (χ4v) is 7.59. The number of carbonyl (C=O) groups is 1. The van der Waals surface area contributed by atoms with Crippen LogP contribution < -0.4 is 5.32 Å². The summed E-state index contributed by atoms with van der Waals surface area (Å²) in [7, 11) is 1.57. The number of hydrogen-bond donors (Lipinski definition) is 3. The average molecular weight is 788 g/mol. The molecule has 3 N–H and O–H groups in total. The molecule has 0 aromatic heterocycles. The highest BCUT2D eigenvalue weighted by Crippen LogP contribution is 2.43. The predicted octanol–water partition coefficient (Wildman–Crippen LogP) is 12.8. The van der Waals surface area contributed by atoms with Gasteiger partial charge < -0.3 is 19.8 Å². The number of nitrogens with one attached hydrogen (secondary N) is 1. The summed E-state index contributed by atoms with van der Waals surface area (Å²) in [6, 6.07) is -0.837. The highest BCUT2D eigenvalue weighted by Gasteiger charge is 2.27. The molecule has 0 aliphatic carbocycles. The Labute approximate surface area is 335 Å². The molecule has 3 atom stereocenters. The third-order valence-corrected chi connectivity index (χ3v) is 11.5. The number of aliphatic hydroxyl groups is 1. The van der Waals surface area contributed by atoms with Crippen LogP contribution in [0.5, 0.6) is 0 Å². The van der Waals surface area contributed by atoms with Gasteiger partial charge in [0, 0.05) is 6.42 Å². The number of allylic oxidation sites excluding steroid dienone is 1. The molecular weight excluding hydrogens is 695 g/mol. The van der Waals surface area contributed by atoms with Gasteiger partial charge in [0.05, 0.1) is 39.9 Å². The third kappa shape index (κ3) is 39.5. The predicted molar refractivity (Wildman–Crippen MR) is 231 cm³/mol. The minimum absolute atomic E-state index is 0.0618. The van der Waals surface area contributed by atoms with Crippen LogP contribution in [0.3, 0.4) is 0 Å². The van der Waals surface area contributed by atoms with Gasteiger partial charge in [0.25, 0.3) is 0 Å². The molecule has 3 unspecified atom stereocenters. The number of phosphoric acid groups is 1. The largest absolute Gasteiger partial charge is 0.472 e.